The molecule has 0 aliphatic carbocycles. The van der Waals surface area contributed by atoms with Crippen LogP contribution < -0.4 is 0 Å². The second kappa shape index (κ2) is 3.73. The average molecular weight is 205 g/mol. The normalized spacial score (nSPS) is 19.7. The highest BCUT2D eigenvalue weighted by Gasteiger charge is 2.42. The van der Waals surface area contributed by atoms with Gasteiger partial charge < -0.3 is 4.74 Å². The summed E-state index contributed by atoms with van der Waals surface area (Å²) >= 11 is 0. The van der Waals surface area contributed by atoms with Crippen molar-refractivity contribution in [3.05, 3.63) is 35.9 Å². The third kappa shape index (κ3) is 1.58. The van der Waals surface area contributed by atoms with Crippen LogP contribution in [0.4, 0.5) is 4.79 Å². The number of likely N-dealkylation sites (tertiary alicyclic amines) is 1. The summed E-state index contributed by atoms with van der Waals surface area (Å²) in [6, 6.07) is 8.76. The molecule has 0 saturated carbocycles. The Balaban J connectivity index is 2.21. The molecule has 0 spiro atoms. The Morgan fingerprint density at radius 2 is 2.07 bits per heavy atom. The number of amides is 1. The lowest BCUT2D eigenvalue weighted by Crippen LogP contribution is -2.53. The molecule has 1 unspecified atom stereocenters. The fraction of sp³-hybridized carbons (Fsp3) is 0.273. The standard InChI is InChI=1S/C11H11NO3/c1-15-11(14)12-7-9(13)10(12)8-5-3-2-4-6-8/h2-6,10H,7H2,1H3. The van der Waals surface area contributed by atoms with Gasteiger partial charge in [0.25, 0.3) is 0 Å². The molecule has 0 aromatic heterocycles. The molecule has 1 atom stereocenters. The molecule has 1 heterocycles. The summed E-state index contributed by atoms with van der Waals surface area (Å²) in [4.78, 5) is 24.1. The van der Waals surface area contributed by atoms with Crippen LogP contribution in [0.2, 0.25) is 0 Å². The van der Waals surface area contributed by atoms with Crippen molar-refractivity contribution in [2.24, 2.45) is 0 Å². The molecule has 4 heteroatoms. The number of hydrogen-bond donors (Lipinski definition) is 0. The van der Waals surface area contributed by atoms with Crippen LogP contribution in [0, 0.1) is 0 Å². The van der Waals surface area contributed by atoms with Gasteiger partial charge in [0.15, 0.2) is 5.78 Å². The molecule has 1 aromatic carbocycles. The molecule has 0 N–H and O–H groups in total. The maximum absolute atomic E-state index is 11.4. The lowest BCUT2D eigenvalue weighted by molar-refractivity contribution is -0.134. The Morgan fingerprint density at radius 3 is 2.60 bits per heavy atom. The summed E-state index contributed by atoms with van der Waals surface area (Å²) in [5.74, 6) is 0.0478. The molecule has 1 aliphatic heterocycles. The zero-order valence-electron chi connectivity index (χ0n) is 8.34. The summed E-state index contributed by atoms with van der Waals surface area (Å²) in [7, 11) is 1.31. The van der Waals surface area contributed by atoms with E-state index in [0.717, 1.165) is 5.56 Å². The lowest BCUT2D eigenvalue weighted by Gasteiger charge is -2.37. The highest BCUT2D eigenvalue weighted by Crippen LogP contribution is 2.30. The summed E-state index contributed by atoms with van der Waals surface area (Å²) < 4.78 is 4.59. The number of ether oxygens (including phenoxy) is 1. The maximum atomic E-state index is 11.4. The van der Waals surface area contributed by atoms with E-state index in [9.17, 15) is 9.59 Å². The molecule has 0 bridgehead atoms. The van der Waals surface area contributed by atoms with Crippen molar-refractivity contribution in [2.75, 3.05) is 13.7 Å². The van der Waals surface area contributed by atoms with Gasteiger partial charge in [-0.05, 0) is 5.56 Å². The van der Waals surface area contributed by atoms with Crippen LogP contribution in [0.1, 0.15) is 11.6 Å². The molecule has 1 saturated heterocycles. The van der Waals surface area contributed by atoms with Crippen LogP contribution in [-0.4, -0.2) is 30.4 Å². The third-order valence-corrected chi connectivity index (χ3v) is 2.47. The number of methoxy groups -OCH3 is 1. The molecule has 78 valence electrons. The van der Waals surface area contributed by atoms with E-state index < -0.39 is 12.1 Å². The minimum absolute atomic E-state index is 0.0478. The first-order valence-electron chi connectivity index (χ1n) is 4.66. The van der Waals surface area contributed by atoms with Crippen molar-refractivity contribution in [2.45, 2.75) is 6.04 Å². The molecular formula is C11H11NO3. The third-order valence-electron chi connectivity index (χ3n) is 2.47. The molecule has 15 heavy (non-hydrogen) atoms. The second-order valence-electron chi connectivity index (χ2n) is 3.38. The fourth-order valence-electron chi connectivity index (χ4n) is 1.70. The Morgan fingerprint density at radius 1 is 1.40 bits per heavy atom. The first kappa shape index (κ1) is 9.71. The van der Waals surface area contributed by atoms with Crippen LogP contribution in [-0.2, 0) is 9.53 Å². The Kier molecular flexibility index (Phi) is 2.41. The number of hydrogen-bond acceptors (Lipinski definition) is 3. The number of carbonyl (C=O) groups excluding carboxylic acids is 2. The molecule has 1 aromatic rings. The van der Waals surface area contributed by atoms with Gasteiger partial charge in [0.05, 0.1) is 13.7 Å². The van der Waals surface area contributed by atoms with E-state index >= 15 is 0 Å². The van der Waals surface area contributed by atoms with Gasteiger partial charge in [0.1, 0.15) is 6.04 Å². The number of nitrogens with zero attached hydrogens (tertiary/aromatic N) is 1. The lowest BCUT2D eigenvalue weighted by atomic mass is 9.94. The van der Waals surface area contributed by atoms with E-state index in [1.807, 2.05) is 30.3 Å². The SMILES string of the molecule is COC(=O)N1CC(=O)C1c1ccccc1. The predicted molar refractivity (Wildman–Crippen MR) is 53.3 cm³/mol. The van der Waals surface area contributed by atoms with Gasteiger partial charge in [0.2, 0.25) is 0 Å². The van der Waals surface area contributed by atoms with Gasteiger partial charge in [-0.25, -0.2) is 4.79 Å². The Labute approximate surface area is 87.4 Å². The van der Waals surface area contributed by atoms with Crippen molar-refractivity contribution in [1.82, 2.24) is 4.90 Å². The fourth-order valence-corrected chi connectivity index (χ4v) is 1.70. The smallest absolute Gasteiger partial charge is 0.410 e. The molecular weight excluding hydrogens is 194 g/mol. The topological polar surface area (TPSA) is 46.6 Å². The van der Waals surface area contributed by atoms with Crippen LogP contribution in [0.5, 0.6) is 0 Å². The highest BCUT2D eigenvalue weighted by atomic mass is 16.5. The van der Waals surface area contributed by atoms with Crippen LogP contribution in [0.25, 0.3) is 0 Å². The van der Waals surface area contributed by atoms with Crippen LogP contribution in [0.15, 0.2) is 30.3 Å². The van der Waals surface area contributed by atoms with Crippen molar-refractivity contribution in [3.8, 4) is 0 Å². The molecule has 1 fully saturated rings. The van der Waals surface area contributed by atoms with E-state index in [1.54, 1.807) is 0 Å². The largest absolute Gasteiger partial charge is 0.453 e. The first-order chi connectivity index (χ1) is 7.24. The summed E-state index contributed by atoms with van der Waals surface area (Å²) in [5.41, 5.74) is 0.833. The van der Waals surface area contributed by atoms with Gasteiger partial charge in [-0.2, -0.15) is 0 Å². The van der Waals surface area contributed by atoms with E-state index in [0.29, 0.717) is 0 Å². The number of ketones is 1. The summed E-state index contributed by atoms with van der Waals surface area (Å²) in [5, 5.41) is 0. The Hall–Kier alpha value is -1.84. The van der Waals surface area contributed by atoms with E-state index in [1.165, 1.54) is 12.0 Å². The molecule has 2 rings (SSSR count). The summed E-state index contributed by atoms with van der Waals surface area (Å²) in [6.07, 6.45) is -0.455. The molecule has 4 nitrogen and oxygen atoms in total. The van der Waals surface area contributed by atoms with Crippen molar-refractivity contribution >= 4 is 11.9 Å². The molecule has 0 radical (unpaired) electrons. The number of Topliss-reactive ketones (excluding diaryl/α,β-unsaturated/α-hetero) is 1. The van der Waals surface area contributed by atoms with Gasteiger partial charge in [-0.15, -0.1) is 0 Å². The zero-order valence-corrected chi connectivity index (χ0v) is 8.34. The van der Waals surface area contributed by atoms with Crippen molar-refractivity contribution in [3.63, 3.8) is 0 Å². The van der Waals surface area contributed by atoms with Crippen molar-refractivity contribution < 1.29 is 14.3 Å². The van der Waals surface area contributed by atoms with E-state index in [2.05, 4.69) is 4.74 Å². The van der Waals surface area contributed by atoms with Gasteiger partial charge >= 0.3 is 6.09 Å². The monoisotopic (exact) mass is 205 g/mol. The minimum atomic E-state index is -0.460. The first-order valence-corrected chi connectivity index (χ1v) is 4.66. The van der Waals surface area contributed by atoms with E-state index in [-0.39, 0.29) is 12.3 Å². The molecule has 1 amide bonds. The van der Waals surface area contributed by atoms with Gasteiger partial charge in [-0.1, -0.05) is 30.3 Å². The summed E-state index contributed by atoms with van der Waals surface area (Å²) in [6.45, 7) is 0.145. The second-order valence-corrected chi connectivity index (χ2v) is 3.38. The van der Waals surface area contributed by atoms with Crippen LogP contribution >= 0.6 is 0 Å². The Bertz CT molecular complexity index is 388. The van der Waals surface area contributed by atoms with Gasteiger partial charge in [-0.3, -0.25) is 9.69 Å². The maximum Gasteiger partial charge on any atom is 0.410 e. The highest BCUT2D eigenvalue weighted by molar-refractivity contribution is 5.98. The van der Waals surface area contributed by atoms with Crippen molar-refractivity contribution in [1.29, 1.82) is 0 Å². The number of benzene rings is 1. The number of carbonyl (C=O) groups is 2. The average Bonchev–Trinajstić information content (AvgIpc) is 2.26. The molecule has 1 aliphatic rings. The van der Waals surface area contributed by atoms with Crippen LogP contribution in [0.3, 0.4) is 0 Å². The minimum Gasteiger partial charge on any atom is -0.453 e. The quantitative estimate of drug-likeness (QED) is 0.695. The number of rotatable bonds is 1. The zero-order chi connectivity index (χ0) is 10.8. The predicted octanol–water partition coefficient (Wildman–Crippen LogP) is 1.38. The van der Waals surface area contributed by atoms with Gasteiger partial charge in [0, 0.05) is 0 Å². The van der Waals surface area contributed by atoms with E-state index in [4.69, 9.17) is 0 Å².